The number of anilines is 1. The van der Waals surface area contributed by atoms with Gasteiger partial charge in [0, 0.05) is 17.1 Å². The van der Waals surface area contributed by atoms with Gasteiger partial charge in [0.15, 0.2) is 0 Å². The highest BCUT2D eigenvalue weighted by atomic mass is 35.5. The van der Waals surface area contributed by atoms with E-state index in [1.165, 1.54) is 0 Å². The fourth-order valence-electron chi connectivity index (χ4n) is 2.98. The van der Waals surface area contributed by atoms with E-state index in [1.54, 1.807) is 36.4 Å². The van der Waals surface area contributed by atoms with Gasteiger partial charge in [0.05, 0.1) is 0 Å². The normalized spacial score (nSPS) is 19.0. The molecule has 1 saturated heterocycles. The summed E-state index contributed by atoms with van der Waals surface area (Å²) in [6.07, 6.45) is 0.189. The number of nitrogens with one attached hydrogen (secondary N) is 3. The molecule has 26 heavy (non-hydrogen) atoms. The van der Waals surface area contributed by atoms with Gasteiger partial charge in [0.25, 0.3) is 5.91 Å². The van der Waals surface area contributed by atoms with Crippen molar-refractivity contribution in [2.75, 3.05) is 5.32 Å². The summed E-state index contributed by atoms with van der Waals surface area (Å²) in [5.74, 6) is -0.722. The first kappa shape index (κ1) is 17.9. The van der Waals surface area contributed by atoms with E-state index in [2.05, 4.69) is 16.0 Å². The van der Waals surface area contributed by atoms with Crippen molar-refractivity contribution in [2.24, 2.45) is 0 Å². The molecule has 1 fully saturated rings. The summed E-state index contributed by atoms with van der Waals surface area (Å²) in [6.45, 7) is 1.86. The molecule has 6 nitrogen and oxygen atoms in total. The fraction of sp³-hybridized carbons (Fsp3) is 0.211. The highest BCUT2D eigenvalue weighted by molar-refractivity contribution is 6.31. The van der Waals surface area contributed by atoms with E-state index in [1.807, 2.05) is 19.1 Å². The van der Waals surface area contributed by atoms with E-state index < -0.39 is 17.5 Å². The lowest BCUT2D eigenvalue weighted by molar-refractivity contribution is -0.125. The standard InChI is InChI=1S/C19H18ClN3O3/c1-12-7-8-14(20)11-15(12)21-16(24)9-10-19(13-5-3-2-4-6-13)17(25)22-18(26)23-19/h2-8,11H,9-10H2,1H3,(H,21,24)(H2,22,23,25,26). The molecule has 0 radical (unpaired) electrons. The third kappa shape index (κ3) is 3.55. The highest BCUT2D eigenvalue weighted by Gasteiger charge is 2.47. The second-order valence-corrected chi connectivity index (χ2v) is 6.62. The first-order valence-corrected chi connectivity index (χ1v) is 8.54. The van der Waals surface area contributed by atoms with Crippen molar-refractivity contribution in [2.45, 2.75) is 25.3 Å². The zero-order chi connectivity index (χ0) is 18.7. The Balaban J connectivity index is 1.77. The fourth-order valence-corrected chi connectivity index (χ4v) is 3.15. The van der Waals surface area contributed by atoms with Crippen LogP contribution in [-0.2, 0) is 15.1 Å². The summed E-state index contributed by atoms with van der Waals surface area (Å²) in [6, 6.07) is 13.6. The van der Waals surface area contributed by atoms with E-state index in [-0.39, 0.29) is 18.7 Å². The van der Waals surface area contributed by atoms with Gasteiger partial charge in [0.1, 0.15) is 5.54 Å². The summed E-state index contributed by atoms with van der Waals surface area (Å²) >= 11 is 5.97. The number of hydrogen-bond acceptors (Lipinski definition) is 3. The largest absolute Gasteiger partial charge is 0.326 e. The van der Waals surface area contributed by atoms with Crippen LogP contribution in [0.15, 0.2) is 48.5 Å². The maximum atomic E-state index is 12.4. The first-order valence-electron chi connectivity index (χ1n) is 8.16. The number of halogens is 1. The van der Waals surface area contributed by atoms with Gasteiger partial charge >= 0.3 is 6.03 Å². The van der Waals surface area contributed by atoms with E-state index in [9.17, 15) is 14.4 Å². The Morgan fingerprint density at radius 3 is 2.54 bits per heavy atom. The highest BCUT2D eigenvalue weighted by Crippen LogP contribution is 2.30. The number of amides is 4. The predicted molar refractivity (Wildman–Crippen MR) is 98.8 cm³/mol. The molecule has 1 aliphatic heterocycles. The molecule has 1 atom stereocenters. The second kappa shape index (κ2) is 7.17. The molecule has 7 heteroatoms. The van der Waals surface area contributed by atoms with Crippen molar-refractivity contribution in [1.82, 2.24) is 10.6 Å². The Morgan fingerprint density at radius 2 is 1.88 bits per heavy atom. The van der Waals surface area contributed by atoms with Crippen LogP contribution in [0, 0.1) is 6.92 Å². The second-order valence-electron chi connectivity index (χ2n) is 6.19. The summed E-state index contributed by atoms with van der Waals surface area (Å²) in [4.78, 5) is 36.5. The van der Waals surface area contributed by atoms with Gasteiger partial charge in [-0.25, -0.2) is 4.79 Å². The Hall–Kier alpha value is -2.86. The third-order valence-electron chi connectivity index (χ3n) is 4.41. The number of imide groups is 1. The molecule has 1 aliphatic rings. The van der Waals surface area contributed by atoms with Crippen LogP contribution in [0.25, 0.3) is 0 Å². The average molecular weight is 372 g/mol. The van der Waals surface area contributed by atoms with Gasteiger partial charge < -0.3 is 10.6 Å². The monoisotopic (exact) mass is 371 g/mol. The van der Waals surface area contributed by atoms with E-state index in [4.69, 9.17) is 11.6 Å². The number of rotatable bonds is 5. The molecule has 2 aromatic carbocycles. The number of carbonyl (C=O) groups excluding carboxylic acids is 3. The Morgan fingerprint density at radius 1 is 1.15 bits per heavy atom. The van der Waals surface area contributed by atoms with E-state index in [0.717, 1.165) is 5.56 Å². The molecule has 1 heterocycles. The molecule has 1 unspecified atom stereocenters. The summed E-state index contributed by atoms with van der Waals surface area (Å²) < 4.78 is 0. The topological polar surface area (TPSA) is 87.3 Å². The molecule has 2 aromatic rings. The molecule has 0 spiro atoms. The molecule has 4 amide bonds. The molecule has 134 valence electrons. The van der Waals surface area contributed by atoms with Crippen LogP contribution >= 0.6 is 11.6 Å². The van der Waals surface area contributed by atoms with Crippen LogP contribution in [0.5, 0.6) is 0 Å². The Kier molecular flexibility index (Phi) is 4.95. The SMILES string of the molecule is Cc1ccc(Cl)cc1NC(=O)CCC1(c2ccccc2)NC(=O)NC1=O. The quantitative estimate of drug-likeness (QED) is 0.706. The number of hydrogen-bond donors (Lipinski definition) is 3. The summed E-state index contributed by atoms with van der Waals surface area (Å²) in [7, 11) is 0. The van der Waals surface area contributed by atoms with Crippen molar-refractivity contribution in [3.63, 3.8) is 0 Å². The van der Waals surface area contributed by atoms with Crippen LogP contribution in [-0.4, -0.2) is 17.8 Å². The number of aryl methyl sites for hydroxylation is 1. The van der Waals surface area contributed by atoms with Crippen LogP contribution in [0.2, 0.25) is 5.02 Å². The number of carbonyl (C=O) groups is 3. The minimum absolute atomic E-state index is 0.0501. The first-order chi connectivity index (χ1) is 12.4. The molecule has 3 N–H and O–H groups in total. The van der Waals surface area contributed by atoms with Crippen LogP contribution in [0.3, 0.4) is 0 Å². The molecule has 0 bridgehead atoms. The number of urea groups is 1. The van der Waals surface area contributed by atoms with E-state index >= 15 is 0 Å². The van der Waals surface area contributed by atoms with Crippen molar-refractivity contribution in [3.8, 4) is 0 Å². The minimum Gasteiger partial charge on any atom is -0.326 e. The predicted octanol–water partition coefficient (Wildman–Crippen LogP) is 3.10. The van der Waals surface area contributed by atoms with E-state index in [0.29, 0.717) is 16.3 Å². The molecule has 0 aromatic heterocycles. The lowest BCUT2D eigenvalue weighted by atomic mass is 9.85. The molecular formula is C19H18ClN3O3. The lowest BCUT2D eigenvalue weighted by Gasteiger charge is -2.26. The van der Waals surface area contributed by atoms with Crippen molar-refractivity contribution < 1.29 is 14.4 Å². The maximum absolute atomic E-state index is 12.4. The molecule has 0 saturated carbocycles. The summed E-state index contributed by atoms with van der Waals surface area (Å²) in [5, 5.41) is 8.25. The Labute approximate surface area is 155 Å². The van der Waals surface area contributed by atoms with Crippen LogP contribution in [0.4, 0.5) is 10.5 Å². The zero-order valence-corrected chi connectivity index (χ0v) is 14.9. The molecule has 0 aliphatic carbocycles. The van der Waals surface area contributed by atoms with Crippen LogP contribution in [0.1, 0.15) is 24.0 Å². The smallest absolute Gasteiger partial charge is 0.322 e. The van der Waals surface area contributed by atoms with Crippen LogP contribution < -0.4 is 16.0 Å². The van der Waals surface area contributed by atoms with Gasteiger partial charge in [-0.15, -0.1) is 0 Å². The van der Waals surface area contributed by atoms with Crippen molar-refractivity contribution >= 4 is 35.1 Å². The van der Waals surface area contributed by atoms with Gasteiger partial charge in [-0.2, -0.15) is 0 Å². The van der Waals surface area contributed by atoms with Gasteiger partial charge in [0.2, 0.25) is 5.91 Å². The maximum Gasteiger partial charge on any atom is 0.322 e. The number of benzene rings is 2. The van der Waals surface area contributed by atoms with Gasteiger partial charge in [-0.05, 0) is 36.6 Å². The average Bonchev–Trinajstić information content (AvgIpc) is 2.92. The molecule has 3 rings (SSSR count). The van der Waals surface area contributed by atoms with Crippen molar-refractivity contribution in [1.29, 1.82) is 0 Å². The summed E-state index contributed by atoms with van der Waals surface area (Å²) in [5.41, 5.74) is 0.887. The van der Waals surface area contributed by atoms with Crippen molar-refractivity contribution in [3.05, 3.63) is 64.7 Å². The minimum atomic E-state index is -1.25. The zero-order valence-electron chi connectivity index (χ0n) is 14.1. The van der Waals surface area contributed by atoms with Gasteiger partial charge in [-0.3, -0.25) is 14.9 Å². The lowest BCUT2D eigenvalue weighted by Crippen LogP contribution is -2.44. The molecular weight excluding hydrogens is 354 g/mol. The van der Waals surface area contributed by atoms with Gasteiger partial charge in [-0.1, -0.05) is 48.0 Å². The third-order valence-corrected chi connectivity index (χ3v) is 4.64. The Bertz CT molecular complexity index is 870.